The van der Waals surface area contributed by atoms with Crippen molar-refractivity contribution >= 4 is 27.3 Å². The molecule has 0 fully saturated rings. The molecule has 7 nitrogen and oxygen atoms in total. The zero-order valence-corrected chi connectivity index (χ0v) is 20.6. The lowest BCUT2D eigenvalue weighted by atomic mass is 10.1. The molecule has 0 aliphatic rings. The van der Waals surface area contributed by atoms with Crippen molar-refractivity contribution in [2.75, 3.05) is 23.0 Å². The van der Waals surface area contributed by atoms with Crippen molar-refractivity contribution in [3.05, 3.63) is 89.5 Å². The van der Waals surface area contributed by atoms with Gasteiger partial charge in [0.2, 0.25) is 10.0 Å². The first-order chi connectivity index (χ1) is 16.2. The summed E-state index contributed by atoms with van der Waals surface area (Å²) >= 11 is 0. The number of ether oxygens (including phenoxy) is 2. The molecule has 0 bridgehead atoms. The van der Waals surface area contributed by atoms with Gasteiger partial charge in [-0.2, -0.15) is 0 Å². The summed E-state index contributed by atoms with van der Waals surface area (Å²) in [5.74, 6) is 0.428. The molecule has 34 heavy (non-hydrogen) atoms. The number of nitrogens with zero attached hydrogens (tertiary/aromatic N) is 1. The number of sulfonamides is 1. The van der Waals surface area contributed by atoms with Gasteiger partial charge in [0.1, 0.15) is 5.75 Å². The van der Waals surface area contributed by atoms with Gasteiger partial charge >= 0.3 is 0 Å². The average molecular weight is 483 g/mol. The second-order valence-corrected chi connectivity index (χ2v) is 10.1. The second kappa shape index (κ2) is 11.2. The van der Waals surface area contributed by atoms with Crippen molar-refractivity contribution in [2.24, 2.45) is 0 Å². The highest BCUT2D eigenvalue weighted by Crippen LogP contribution is 2.24. The Morgan fingerprint density at radius 1 is 0.971 bits per heavy atom. The van der Waals surface area contributed by atoms with Gasteiger partial charge < -0.3 is 14.8 Å². The van der Waals surface area contributed by atoms with E-state index in [4.69, 9.17) is 9.47 Å². The van der Waals surface area contributed by atoms with E-state index in [1.807, 2.05) is 38.1 Å². The highest BCUT2D eigenvalue weighted by Gasteiger charge is 2.18. The van der Waals surface area contributed by atoms with E-state index < -0.39 is 10.0 Å². The van der Waals surface area contributed by atoms with E-state index >= 15 is 0 Å². The number of nitrogens with one attached hydrogen (secondary N) is 1. The molecule has 0 spiro atoms. The van der Waals surface area contributed by atoms with Crippen LogP contribution >= 0.6 is 0 Å². The zero-order chi connectivity index (χ0) is 24.7. The van der Waals surface area contributed by atoms with Crippen molar-refractivity contribution in [3.8, 4) is 5.75 Å². The number of amides is 1. The zero-order valence-electron chi connectivity index (χ0n) is 19.8. The number of anilines is 2. The molecule has 0 aliphatic heterocycles. The number of carbonyl (C=O) groups is 1. The Labute approximate surface area is 201 Å². The van der Waals surface area contributed by atoms with Crippen LogP contribution in [-0.4, -0.2) is 33.8 Å². The molecule has 1 N–H and O–H groups in total. The Morgan fingerprint density at radius 3 is 2.24 bits per heavy atom. The largest absolute Gasteiger partial charge is 0.491 e. The van der Waals surface area contributed by atoms with Crippen LogP contribution in [-0.2, 0) is 27.9 Å². The standard InChI is InChI=1S/C26H30N2O5S/c1-19(2)33-25-14-12-24(13-15-25)28(34(4,30)31)17-20-8-10-22(11-9-20)26(29)27-23-7-5-6-21(16-23)18-32-3/h5-16,19H,17-18H2,1-4H3,(H,27,29). The van der Waals surface area contributed by atoms with Gasteiger partial charge in [0.25, 0.3) is 5.91 Å². The third-order valence-electron chi connectivity index (χ3n) is 4.93. The van der Waals surface area contributed by atoms with Crippen LogP contribution in [0.4, 0.5) is 11.4 Å². The Kier molecular flexibility index (Phi) is 8.31. The first-order valence-corrected chi connectivity index (χ1v) is 12.7. The summed E-state index contributed by atoms with van der Waals surface area (Å²) in [6.07, 6.45) is 1.20. The third-order valence-corrected chi connectivity index (χ3v) is 6.08. The number of carbonyl (C=O) groups excluding carboxylic acids is 1. The Balaban J connectivity index is 1.72. The fourth-order valence-corrected chi connectivity index (χ4v) is 4.29. The van der Waals surface area contributed by atoms with Crippen molar-refractivity contribution in [1.29, 1.82) is 0 Å². The molecule has 180 valence electrons. The molecule has 8 heteroatoms. The van der Waals surface area contributed by atoms with E-state index in [-0.39, 0.29) is 18.6 Å². The SMILES string of the molecule is COCc1cccc(NC(=O)c2ccc(CN(c3ccc(OC(C)C)cc3)S(C)(=O)=O)cc2)c1. The maximum atomic E-state index is 12.6. The number of methoxy groups -OCH3 is 1. The summed E-state index contributed by atoms with van der Waals surface area (Å²) < 4.78 is 37.0. The van der Waals surface area contributed by atoms with E-state index in [0.717, 1.165) is 11.1 Å². The van der Waals surface area contributed by atoms with Gasteiger partial charge in [-0.25, -0.2) is 8.42 Å². The lowest BCUT2D eigenvalue weighted by molar-refractivity contribution is 0.102. The van der Waals surface area contributed by atoms with E-state index in [0.29, 0.717) is 29.3 Å². The predicted molar refractivity (Wildman–Crippen MR) is 135 cm³/mol. The van der Waals surface area contributed by atoms with E-state index in [1.165, 1.54) is 10.6 Å². The fourth-order valence-electron chi connectivity index (χ4n) is 3.40. The van der Waals surface area contributed by atoms with Gasteiger partial charge in [-0.1, -0.05) is 24.3 Å². The summed E-state index contributed by atoms with van der Waals surface area (Å²) in [5.41, 5.74) is 3.40. The fraction of sp³-hybridized carbons (Fsp3) is 0.269. The van der Waals surface area contributed by atoms with Crippen LogP contribution in [0.2, 0.25) is 0 Å². The normalized spacial score (nSPS) is 11.3. The van der Waals surface area contributed by atoms with Crippen molar-refractivity contribution in [2.45, 2.75) is 33.1 Å². The van der Waals surface area contributed by atoms with Gasteiger partial charge in [-0.3, -0.25) is 9.10 Å². The molecule has 0 atom stereocenters. The second-order valence-electron chi connectivity index (χ2n) is 8.21. The third kappa shape index (κ3) is 7.07. The first kappa shape index (κ1) is 25.3. The van der Waals surface area contributed by atoms with Crippen LogP contribution in [0.25, 0.3) is 0 Å². The Bertz CT molecular complexity index is 1210. The molecule has 0 heterocycles. The summed E-state index contributed by atoms with van der Waals surface area (Å²) in [4.78, 5) is 12.6. The number of hydrogen-bond acceptors (Lipinski definition) is 5. The van der Waals surface area contributed by atoms with Gasteiger partial charge in [-0.05, 0) is 73.5 Å². The average Bonchev–Trinajstić information content (AvgIpc) is 2.78. The summed E-state index contributed by atoms with van der Waals surface area (Å²) in [5, 5.41) is 2.87. The highest BCUT2D eigenvalue weighted by atomic mass is 32.2. The van der Waals surface area contributed by atoms with Crippen molar-refractivity contribution in [3.63, 3.8) is 0 Å². The van der Waals surface area contributed by atoms with Crippen LogP contribution in [0.1, 0.15) is 35.3 Å². The van der Waals surface area contributed by atoms with Crippen LogP contribution in [0, 0.1) is 0 Å². The smallest absolute Gasteiger partial charge is 0.255 e. The molecular weight excluding hydrogens is 452 g/mol. The van der Waals surface area contributed by atoms with Gasteiger partial charge in [-0.15, -0.1) is 0 Å². The lowest BCUT2D eigenvalue weighted by Gasteiger charge is -2.23. The Morgan fingerprint density at radius 2 is 1.65 bits per heavy atom. The van der Waals surface area contributed by atoms with Gasteiger partial charge in [0.05, 0.1) is 31.2 Å². The molecular formula is C26H30N2O5S. The first-order valence-electron chi connectivity index (χ1n) is 10.9. The summed E-state index contributed by atoms with van der Waals surface area (Å²) in [7, 11) is -1.91. The molecule has 0 unspecified atom stereocenters. The van der Waals surface area contributed by atoms with Crippen molar-refractivity contribution in [1.82, 2.24) is 0 Å². The lowest BCUT2D eigenvalue weighted by Crippen LogP contribution is -2.29. The molecule has 0 saturated heterocycles. The molecule has 1 amide bonds. The maximum absolute atomic E-state index is 12.6. The highest BCUT2D eigenvalue weighted by molar-refractivity contribution is 7.92. The minimum absolute atomic E-state index is 0.0295. The van der Waals surface area contributed by atoms with Gasteiger partial charge in [0, 0.05) is 18.4 Å². The van der Waals surface area contributed by atoms with Crippen LogP contribution in [0.5, 0.6) is 5.75 Å². The quantitative estimate of drug-likeness (QED) is 0.447. The molecule has 3 rings (SSSR count). The number of rotatable bonds is 10. The number of benzene rings is 3. The molecule has 3 aromatic carbocycles. The van der Waals surface area contributed by atoms with E-state index in [1.54, 1.807) is 55.6 Å². The molecule has 0 aromatic heterocycles. The van der Waals surface area contributed by atoms with E-state index in [9.17, 15) is 13.2 Å². The summed E-state index contributed by atoms with van der Waals surface area (Å²) in [6, 6.07) is 21.3. The predicted octanol–water partition coefficient (Wildman–Crippen LogP) is 4.84. The maximum Gasteiger partial charge on any atom is 0.255 e. The molecule has 0 saturated carbocycles. The number of hydrogen-bond donors (Lipinski definition) is 1. The molecule has 3 aromatic rings. The summed E-state index contributed by atoms with van der Waals surface area (Å²) in [6.45, 7) is 4.46. The Hall–Kier alpha value is -3.36. The van der Waals surface area contributed by atoms with Crippen molar-refractivity contribution < 1.29 is 22.7 Å². The topological polar surface area (TPSA) is 84.9 Å². The van der Waals surface area contributed by atoms with Gasteiger partial charge in [0.15, 0.2) is 0 Å². The minimum Gasteiger partial charge on any atom is -0.491 e. The van der Waals surface area contributed by atoms with Crippen LogP contribution < -0.4 is 14.4 Å². The molecule has 0 radical (unpaired) electrons. The van der Waals surface area contributed by atoms with Crippen LogP contribution in [0.15, 0.2) is 72.8 Å². The molecule has 0 aliphatic carbocycles. The van der Waals surface area contributed by atoms with E-state index in [2.05, 4.69) is 5.32 Å². The van der Waals surface area contributed by atoms with Crippen LogP contribution in [0.3, 0.4) is 0 Å². The minimum atomic E-state index is -3.53. The monoisotopic (exact) mass is 482 g/mol.